The second-order valence-electron chi connectivity index (χ2n) is 6.26. The van der Waals surface area contributed by atoms with E-state index in [0.29, 0.717) is 17.3 Å². The van der Waals surface area contributed by atoms with Crippen LogP contribution in [0.5, 0.6) is 0 Å². The third-order valence-electron chi connectivity index (χ3n) is 4.54. The van der Waals surface area contributed by atoms with Gasteiger partial charge >= 0.3 is 0 Å². The van der Waals surface area contributed by atoms with E-state index in [1.807, 2.05) is 13.8 Å². The second kappa shape index (κ2) is 6.44. The lowest BCUT2D eigenvalue weighted by atomic mass is 10.1. The van der Waals surface area contributed by atoms with Crippen LogP contribution in [0, 0.1) is 5.41 Å². The summed E-state index contributed by atoms with van der Waals surface area (Å²) in [7, 11) is -3.73. The lowest BCUT2D eigenvalue weighted by molar-refractivity contribution is 0.152. The molecule has 1 aromatic carbocycles. The molecule has 1 aliphatic rings. The molecule has 3 rings (SSSR count). The minimum Gasteiger partial charge on any atom is -0.370 e. The molecule has 134 valence electrons. The van der Waals surface area contributed by atoms with Gasteiger partial charge in [0.15, 0.2) is 5.96 Å². The summed E-state index contributed by atoms with van der Waals surface area (Å²) < 4.78 is 28.1. The number of benzene rings is 1. The maximum absolute atomic E-state index is 13.3. The highest BCUT2D eigenvalue weighted by atomic mass is 35.5. The summed E-state index contributed by atoms with van der Waals surface area (Å²) in [5, 5.41) is 9.07. The lowest BCUT2D eigenvalue weighted by Crippen LogP contribution is -2.60. The van der Waals surface area contributed by atoms with Crippen molar-refractivity contribution in [2.24, 2.45) is 5.73 Å². The van der Waals surface area contributed by atoms with Crippen molar-refractivity contribution in [2.75, 3.05) is 13.1 Å². The fourth-order valence-corrected chi connectivity index (χ4v) is 5.39. The monoisotopic (exact) mass is 381 g/mol. The summed E-state index contributed by atoms with van der Waals surface area (Å²) in [5.74, 6) is -0.0422. The number of pyridine rings is 1. The molecule has 3 N–H and O–H groups in total. The number of nitrogens with one attached hydrogen (secondary N) is 1. The third-order valence-corrected chi connectivity index (χ3v) is 6.88. The van der Waals surface area contributed by atoms with Crippen LogP contribution in [0.3, 0.4) is 0 Å². The molecule has 1 saturated heterocycles. The predicted octanol–water partition coefficient (Wildman–Crippen LogP) is 1.86. The van der Waals surface area contributed by atoms with Gasteiger partial charge in [0.2, 0.25) is 10.0 Å². The number of aromatic nitrogens is 1. The van der Waals surface area contributed by atoms with Gasteiger partial charge in [-0.25, -0.2) is 13.4 Å². The van der Waals surface area contributed by atoms with E-state index in [4.69, 9.17) is 22.7 Å². The van der Waals surface area contributed by atoms with Crippen LogP contribution < -0.4 is 5.73 Å². The molecule has 0 bridgehead atoms. The summed E-state index contributed by atoms with van der Waals surface area (Å²) in [6.45, 7) is 4.32. The molecular weight excluding hydrogens is 362 g/mol. The van der Waals surface area contributed by atoms with Crippen LogP contribution in [-0.2, 0) is 10.0 Å². The van der Waals surface area contributed by atoms with E-state index in [0.717, 1.165) is 0 Å². The maximum atomic E-state index is 13.3. The van der Waals surface area contributed by atoms with Crippen molar-refractivity contribution in [3.63, 3.8) is 0 Å². The molecule has 0 radical (unpaired) electrons. The van der Waals surface area contributed by atoms with Crippen LogP contribution in [0.1, 0.15) is 13.8 Å². The van der Waals surface area contributed by atoms with E-state index in [9.17, 15) is 8.42 Å². The molecule has 2 aromatic rings. The van der Waals surface area contributed by atoms with Crippen LogP contribution in [0.25, 0.3) is 10.8 Å². The van der Waals surface area contributed by atoms with Crippen LogP contribution in [0.4, 0.5) is 0 Å². The Hall–Kier alpha value is -1.90. The van der Waals surface area contributed by atoms with Crippen molar-refractivity contribution < 1.29 is 8.42 Å². The number of halogens is 1. The predicted molar refractivity (Wildman–Crippen MR) is 98.2 cm³/mol. The molecule has 2 atom stereocenters. The molecule has 7 nitrogen and oxygen atoms in total. The Morgan fingerprint density at radius 2 is 1.96 bits per heavy atom. The standard InChI is InChI=1S/C16H20ClN5O2S/c1-10-9-22(11(2)8-21(10)16(18)19)25(23,24)14-5-3-4-13-12(14)6-7-20-15(13)17/h3-7,10-11H,8-9H2,1-2H3,(H3,18,19). The van der Waals surface area contributed by atoms with Crippen molar-refractivity contribution >= 4 is 38.4 Å². The molecule has 1 aliphatic heterocycles. The number of hydrogen-bond acceptors (Lipinski definition) is 4. The number of piperazine rings is 1. The van der Waals surface area contributed by atoms with Crippen molar-refractivity contribution in [1.29, 1.82) is 5.41 Å². The Kier molecular flexibility index (Phi) is 4.61. The number of hydrogen-bond donors (Lipinski definition) is 2. The Bertz CT molecular complexity index is 933. The van der Waals surface area contributed by atoms with E-state index in [-0.39, 0.29) is 34.6 Å². The Balaban J connectivity index is 2.06. The molecular formula is C16H20ClN5O2S. The summed E-state index contributed by atoms with van der Waals surface area (Å²) in [6, 6.07) is 6.18. The van der Waals surface area contributed by atoms with Gasteiger partial charge in [-0.05, 0) is 26.0 Å². The number of guanidine groups is 1. The highest BCUT2D eigenvalue weighted by Gasteiger charge is 2.38. The van der Waals surface area contributed by atoms with E-state index in [2.05, 4.69) is 4.98 Å². The van der Waals surface area contributed by atoms with Gasteiger partial charge in [0.1, 0.15) is 5.15 Å². The number of rotatable bonds is 2. The fraction of sp³-hybridized carbons (Fsp3) is 0.375. The van der Waals surface area contributed by atoms with E-state index < -0.39 is 10.0 Å². The zero-order valence-corrected chi connectivity index (χ0v) is 15.5. The fourth-order valence-electron chi connectivity index (χ4n) is 3.26. The molecule has 9 heteroatoms. The van der Waals surface area contributed by atoms with Gasteiger partial charge < -0.3 is 10.6 Å². The van der Waals surface area contributed by atoms with Crippen LogP contribution in [0.15, 0.2) is 35.4 Å². The number of nitrogens with zero attached hydrogens (tertiary/aromatic N) is 3. The molecule has 2 unspecified atom stereocenters. The average molecular weight is 382 g/mol. The summed E-state index contributed by atoms with van der Waals surface area (Å²) in [4.78, 5) is 5.93. The van der Waals surface area contributed by atoms with Gasteiger partial charge in [0.25, 0.3) is 0 Å². The van der Waals surface area contributed by atoms with Crippen LogP contribution >= 0.6 is 11.6 Å². The highest BCUT2D eigenvalue weighted by Crippen LogP contribution is 2.31. The van der Waals surface area contributed by atoms with Gasteiger partial charge in [-0.15, -0.1) is 0 Å². The van der Waals surface area contributed by atoms with E-state index in [1.165, 1.54) is 10.5 Å². The average Bonchev–Trinajstić information content (AvgIpc) is 2.56. The van der Waals surface area contributed by atoms with E-state index >= 15 is 0 Å². The maximum Gasteiger partial charge on any atom is 0.244 e. The van der Waals surface area contributed by atoms with Gasteiger partial charge in [-0.2, -0.15) is 4.31 Å². The summed E-state index contributed by atoms with van der Waals surface area (Å²) in [6.07, 6.45) is 1.50. The Labute approximate surface area is 151 Å². The van der Waals surface area contributed by atoms with Crippen LogP contribution in [0.2, 0.25) is 5.15 Å². The Morgan fingerprint density at radius 3 is 2.64 bits per heavy atom. The molecule has 0 spiro atoms. The zero-order chi connectivity index (χ0) is 18.4. The molecule has 0 aliphatic carbocycles. The number of sulfonamides is 1. The highest BCUT2D eigenvalue weighted by molar-refractivity contribution is 7.89. The molecule has 2 heterocycles. The Morgan fingerprint density at radius 1 is 1.24 bits per heavy atom. The minimum absolute atomic E-state index is 0.0422. The quantitative estimate of drug-likeness (QED) is 0.469. The van der Waals surface area contributed by atoms with Crippen molar-refractivity contribution in [3.8, 4) is 0 Å². The lowest BCUT2D eigenvalue weighted by Gasteiger charge is -2.43. The van der Waals surface area contributed by atoms with Gasteiger partial charge in [-0.3, -0.25) is 5.41 Å². The first-order valence-corrected chi connectivity index (χ1v) is 9.71. The normalized spacial score (nSPS) is 22.3. The first-order valence-electron chi connectivity index (χ1n) is 7.89. The topological polar surface area (TPSA) is 103 Å². The summed E-state index contributed by atoms with van der Waals surface area (Å²) in [5.41, 5.74) is 5.60. The molecule has 1 aromatic heterocycles. The number of fused-ring (bicyclic) bond motifs is 1. The first-order chi connectivity index (χ1) is 11.7. The number of nitrogens with two attached hydrogens (primary N) is 1. The second-order valence-corrected chi connectivity index (χ2v) is 8.48. The minimum atomic E-state index is -3.73. The van der Waals surface area contributed by atoms with Gasteiger partial charge in [0.05, 0.1) is 4.90 Å². The van der Waals surface area contributed by atoms with Gasteiger partial charge in [0, 0.05) is 42.1 Å². The molecule has 25 heavy (non-hydrogen) atoms. The van der Waals surface area contributed by atoms with E-state index in [1.54, 1.807) is 29.2 Å². The molecule has 1 fully saturated rings. The zero-order valence-electron chi connectivity index (χ0n) is 14.0. The third kappa shape index (κ3) is 3.05. The SMILES string of the molecule is CC1CN(S(=O)(=O)c2cccc3c(Cl)nccc23)C(C)CN1C(=N)N. The summed E-state index contributed by atoms with van der Waals surface area (Å²) >= 11 is 6.11. The largest absolute Gasteiger partial charge is 0.370 e. The van der Waals surface area contributed by atoms with Crippen molar-refractivity contribution in [3.05, 3.63) is 35.6 Å². The molecule has 0 amide bonds. The van der Waals surface area contributed by atoms with Gasteiger partial charge in [-0.1, -0.05) is 23.7 Å². The smallest absolute Gasteiger partial charge is 0.244 e. The first kappa shape index (κ1) is 17.9. The molecule has 0 saturated carbocycles. The van der Waals surface area contributed by atoms with Crippen molar-refractivity contribution in [1.82, 2.24) is 14.2 Å². The van der Waals surface area contributed by atoms with Crippen molar-refractivity contribution in [2.45, 2.75) is 30.8 Å². The van der Waals surface area contributed by atoms with Crippen LogP contribution in [-0.4, -0.2) is 53.7 Å².